The van der Waals surface area contributed by atoms with Crippen molar-refractivity contribution in [1.29, 1.82) is 0 Å². The first-order valence-corrected chi connectivity index (χ1v) is 8.74. The fourth-order valence-electron chi connectivity index (χ4n) is 3.93. The molecule has 1 saturated heterocycles. The van der Waals surface area contributed by atoms with E-state index in [-0.39, 0.29) is 0 Å². The predicted molar refractivity (Wildman–Crippen MR) is 81.3 cm³/mol. The van der Waals surface area contributed by atoms with Gasteiger partial charge in [0.15, 0.2) is 0 Å². The Morgan fingerprint density at radius 1 is 1.00 bits per heavy atom. The van der Waals surface area contributed by atoms with Crippen LogP contribution in [0.15, 0.2) is 0 Å². The third-order valence-electron chi connectivity index (χ3n) is 5.61. The van der Waals surface area contributed by atoms with Crippen LogP contribution in [0, 0.1) is 17.8 Å². The van der Waals surface area contributed by atoms with Gasteiger partial charge < -0.3 is 10.2 Å². The molecule has 3 fully saturated rings. The molecule has 2 aliphatic carbocycles. The molecule has 0 aromatic carbocycles. The summed E-state index contributed by atoms with van der Waals surface area (Å²) in [6.07, 6.45) is 10.1. The van der Waals surface area contributed by atoms with Crippen molar-refractivity contribution in [3.05, 3.63) is 0 Å². The van der Waals surface area contributed by atoms with Crippen LogP contribution >= 0.6 is 0 Å². The maximum Gasteiger partial charge on any atom is 0.00790 e. The summed E-state index contributed by atoms with van der Waals surface area (Å²) in [5, 5.41) is 3.79. The summed E-state index contributed by atoms with van der Waals surface area (Å²) in [5.74, 6) is 3.27. The van der Waals surface area contributed by atoms with Gasteiger partial charge in [-0.2, -0.15) is 0 Å². The van der Waals surface area contributed by atoms with E-state index in [0.29, 0.717) is 6.04 Å². The summed E-state index contributed by atoms with van der Waals surface area (Å²) < 4.78 is 0. The largest absolute Gasteiger partial charge is 0.311 e. The van der Waals surface area contributed by atoms with Crippen LogP contribution in [0.5, 0.6) is 0 Å². The molecule has 2 heteroatoms. The molecule has 0 spiro atoms. The lowest BCUT2D eigenvalue weighted by Gasteiger charge is -2.34. The highest BCUT2D eigenvalue weighted by molar-refractivity contribution is 4.93. The maximum absolute atomic E-state index is 3.79. The first kappa shape index (κ1) is 13.9. The van der Waals surface area contributed by atoms with Gasteiger partial charge in [-0.25, -0.2) is 0 Å². The van der Waals surface area contributed by atoms with Crippen molar-refractivity contribution in [3.63, 3.8) is 0 Å². The molecule has 110 valence electrons. The zero-order chi connectivity index (χ0) is 13.2. The number of hydrogen-bond donors (Lipinski definition) is 1. The Morgan fingerprint density at radius 2 is 1.63 bits per heavy atom. The van der Waals surface area contributed by atoms with Crippen molar-refractivity contribution < 1.29 is 0 Å². The van der Waals surface area contributed by atoms with E-state index in [1.807, 2.05) is 0 Å². The molecule has 1 heterocycles. The molecule has 0 amide bonds. The Kier molecular flexibility index (Phi) is 4.48. The van der Waals surface area contributed by atoms with E-state index in [9.17, 15) is 0 Å². The summed E-state index contributed by atoms with van der Waals surface area (Å²) in [5.41, 5.74) is 0. The van der Waals surface area contributed by atoms with E-state index >= 15 is 0 Å². The van der Waals surface area contributed by atoms with Crippen LogP contribution in [0.3, 0.4) is 0 Å². The Bertz CT molecular complexity index is 271. The van der Waals surface area contributed by atoms with E-state index in [2.05, 4.69) is 24.1 Å². The highest BCUT2D eigenvalue weighted by Crippen LogP contribution is 2.49. The van der Waals surface area contributed by atoms with Gasteiger partial charge in [-0.3, -0.25) is 0 Å². The summed E-state index contributed by atoms with van der Waals surface area (Å²) in [7, 11) is 0. The quantitative estimate of drug-likeness (QED) is 0.820. The van der Waals surface area contributed by atoms with Crippen LogP contribution in [-0.4, -0.2) is 36.6 Å². The normalized spacial score (nSPS) is 34.3. The van der Waals surface area contributed by atoms with E-state index < -0.39 is 0 Å². The molecule has 0 radical (unpaired) electrons. The van der Waals surface area contributed by atoms with Gasteiger partial charge in [0.05, 0.1) is 0 Å². The minimum Gasteiger partial charge on any atom is -0.311 e. The summed E-state index contributed by atoms with van der Waals surface area (Å²) in [4.78, 5) is 2.81. The van der Waals surface area contributed by atoms with Gasteiger partial charge in [0.25, 0.3) is 0 Å². The van der Waals surface area contributed by atoms with Gasteiger partial charge in [-0.15, -0.1) is 0 Å². The fraction of sp³-hybridized carbons (Fsp3) is 1.00. The fourth-order valence-corrected chi connectivity index (χ4v) is 3.93. The molecular formula is C17H32N2. The number of nitrogens with one attached hydrogen (secondary N) is 1. The molecular weight excluding hydrogens is 232 g/mol. The molecule has 2 unspecified atom stereocenters. The van der Waals surface area contributed by atoms with Crippen LogP contribution in [0.4, 0.5) is 0 Å². The van der Waals surface area contributed by atoms with Gasteiger partial charge in [0, 0.05) is 18.6 Å². The van der Waals surface area contributed by atoms with Gasteiger partial charge in [-0.1, -0.05) is 6.92 Å². The van der Waals surface area contributed by atoms with Crippen LogP contribution in [0.25, 0.3) is 0 Å². The molecule has 0 aromatic rings. The Hall–Kier alpha value is -0.0800. The van der Waals surface area contributed by atoms with Crippen LogP contribution in [0.2, 0.25) is 0 Å². The van der Waals surface area contributed by atoms with E-state index in [1.165, 1.54) is 64.6 Å². The number of hydrogen-bond acceptors (Lipinski definition) is 2. The first-order valence-electron chi connectivity index (χ1n) is 8.74. The van der Waals surface area contributed by atoms with E-state index in [4.69, 9.17) is 0 Å². The predicted octanol–water partition coefficient (Wildman–Crippen LogP) is 3.28. The van der Waals surface area contributed by atoms with Crippen molar-refractivity contribution in [2.75, 3.05) is 19.6 Å². The average molecular weight is 264 g/mol. The maximum atomic E-state index is 3.79. The first-order chi connectivity index (χ1) is 9.26. The third kappa shape index (κ3) is 3.95. The highest BCUT2D eigenvalue weighted by atomic mass is 15.1. The Morgan fingerprint density at radius 3 is 2.21 bits per heavy atom. The van der Waals surface area contributed by atoms with Gasteiger partial charge in [0.1, 0.15) is 0 Å². The van der Waals surface area contributed by atoms with Crippen molar-refractivity contribution in [2.45, 2.75) is 70.9 Å². The van der Waals surface area contributed by atoms with Gasteiger partial charge in [0.2, 0.25) is 0 Å². The van der Waals surface area contributed by atoms with Crippen LogP contribution in [-0.2, 0) is 0 Å². The monoisotopic (exact) mass is 264 g/mol. The van der Waals surface area contributed by atoms with Crippen LogP contribution < -0.4 is 5.32 Å². The lowest BCUT2D eigenvalue weighted by molar-refractivity contribution is 0.169. The molecule has 19 heavy (non-hydrogen) atoms. The molecule has 3 aliphatic rings. The lowest BCUT2D eigenvalue weighted by Crippen LogP contribution is -2.45. The minimum absolute atomic E-state index is 0.702. The molecule has 2 atom stereocenters. The second-order valence-corrected chi connectivity index (χ2v) is 7.39. The topological polar surface area (TPSA) is 15.3 Å². The summed E-state index contributed by atoms with van der Waals surface area (Å²) in [6, 6.07) is 1.45. The van der Waals surface area contributed by atoms with E-state index in [0.717, 1.165) is 23.8 Å². The molecule has 2 saturated carbocycles. The number of nitrogens with zero attached hydrogens (tertiary/aromatic N) is 1. The highest BCUT2D eigenvalue weighted by Gasteiger charge is 2.41. The molecule has 2 nitrogen and oxygen atoms in total. The second kappa shape index (κ2) is 6.13. The van der Waals surface area contributed by atoms with Gasteiger partial charge >= 0.3 is 0 Å². The van der Waals surface area contributed by atoms with Crippen LogP contribution in [0.1, 0.15) is 58.8 Å². The zero-order valence-corrected chi connectivity index (χ0v) is 12.9. The second-order valence-electron chi connectivity index (χ2n) is 7.39. The average Bonchev–Trinajstić information content (AvgIpc) is 3.26. The molecule has 1 N–H and O–H groups in total. The molecule has 0 bridgehead atoms. The lowest BCUT2D eigenvalue weighted by atomic mass is 9.96. The zero-order valence-electron chi connectivity index (χ0n) is 12.9. The Labute approximate surface area is 119 Å². The van der Waals surface area contributed by atoms with E-state index in [1.54, 1.807) is 0 Å². The van der Waals surface area contributed by atoms with Crippen molar-refractivity contribution in [2.24, 2.45) is 17.8 Å². The third-order valence-corrected chi connectivity index (χ3v) is 5.61. The van der Waals surface area contributed by atoms with Crippen molar-refractivity contribution in [1.82, 2.24) is 10.2 Å². The van der Waals surface area contributed by atoms with Gasteiger partial charge in [-0.05, 0) is 82.7 Å². The SMILES string of the molecule is CCC1CCN(CC(C2CC2)C2CC2)CCC(C)N1. The number of rotatable bonds is 5. The van der Waals surface area contributed by atoms with Crippen molar-refractivity contribution >= 4 is 0 Å². The molecule has 1 aliphatic heterocycles. The molecule has 0 aromatic heterocycles. The standard InChI is InChI=1S/C17H32N2/c1-3-16-9-11-19(10-8-13(2)18-16)12-17(14-4-5-14)15-6-7-15/h13-18H,3-12H2,1-2H3. The molecule has 3 rings (SSSR count). The van der Waals surface area contributed by atoms with Crippen molar-refractivity contribution in [3.8, 4) is 0 Å². The smallest absolute Gasteiger partial charge is 0.00790 e. The summed E-state index contributed by atoms with van der Waals surface area (Å²) in [6.45, 7) is 8.76. The Balaban J connectivity index is 1.53. The summed E-state index contributed by atoms with van der Waals surface area (Å²) >= 11 is 0. The minimum atomic E-state index is 0.702.